The van der Waals surface area contributed by atoms with E-state index < -0.39 is 0 Å². The Bertz CT molecular complexity index is 328. The largest absolute Gasteiger partial charge is 0.493 e. The van der Waals surface area contributed by atoms with Gasteiger partial charge in [-0.25, -0.2) is 0 Å². The third-order valence-corrected chi connectivity index (χ3v) is 3.20. The van der Waals surface area contributed by atoms with E-state index in [2.05, 4.69) is 29.8 Å². The predicted molar refractivity (Wildman–Crippen MR) is 74.1 cm³/mol. The zero-order valence-electron chi connectivity index (χ0n) is 9.80. The average Bonchev–Trinajstić information content (AvgIpc) is 2.27. The molecule has 0 N–H and O–H groups in total. The van der Waals surface area contributed by atoms with E-state index >= 15 is 0 Å². The van der Waals surface area contributed by atoms with Crippen molar-refractivity contribution in [3.63, 3.8) is 0 Å². The van der Waals surface area contributed by atoms with Crippen molar-refractivity contribution in [1.82, 2.24) is 0 Å². The Kier molecular flexibility index (Phi) is 6.22. The molecule has 3 heteroatoms. The molecule has 1 aromatic carbocycles. The minimum Gasteiger partial charge on any atom is -0.493 e. The highest BCUT2D eigenvalue weighted by atomic mass is 79.9. The molecule has 16 heavy (non-hydrogen) atoms. The van der Waals surface area contributed by atoms with Crippen LogP contribution in [0.4, 0.5) is 0 Å². The van der Waals surface area contributed by atoms with Crippen LogP contribution < -0.4 is 4.74 Å². The van der Waals surface area contributed by atoms with E-state index in [9.17, 15) is 0 Å². The van der Waals surface area contributed by atoms with Crippen LogP contribution in [0.2, 0.25) is 5.02 Å². The summed E-state index contributed by atoms with van der Waals surface area (Å²) in [7, 11) is 0. The minimum absolute atomic E-state index is 0.463. The van der Waals surface area contributed by atoms with Crippen LogP contribution in [0.3, 0.4) is 0 Å². The maximum absolute atomic E-state index is 6.03. The van der Waals surface area contributed by atoms with Crippen LogP contribution in [-0.2, 0) is 0 Å². The molecule has 0 fully saturated rings. The van der Waals surface area contributed by atoms with E-state index in [0.29, 0.717) is 5.92 Å². The molecule has 0 saturated heterocycles. The molecule has 0 spiro atoms. The molecule has 0 heterocycles. The van der Waals surface area contributed by atoms with E-state index in [1.807, 2.05) is 18.2 Å². The first-order valence-corrected chi connectivity index (χ1v) is 7.17. The van der Waals surface area contributed by atoms with E-state index in [-0.39, 0.29) is 0 Å². The molecule has 1 rings (SSSR count). The summed E-state index contributed by atoms with van der Waals surface area (Å²) in [6.45, 7) is 5.07. The number of alkyl halides is 1. The third kappa shape index (κ3) is 3.99. The standard InChI is InChI=1S/C13H18BrClO/c1-3-8-16-13-5-4-11(15)9-12(13)10(2)6-7-14/h4-5,9-10H,3,6-8H2,1-2H3. The van der Waals surface area contributed by atoms with Gasteiger partial charge in [-0.2, -0.15) is 0 Å². The van der Waals surface area contributed by atoms with E-state index in [4.69, 9.17) is 16.3 Å². The van der Waals surface area contributed by atoms with Crippen molar-refractivity contribution < 1.29 is 4.74 Å². The summed E-state index contributed by atoms with van der Waals surface area (Å²) in [6.07, 6.45) is 2.11. The molecule has 1 atom stereocenters. The first kappa shape index (κ1) is 13.9. The van der Waals surface area contributed by atoms with Gasteiger partial charge in [0.25, 0.3) is 0 Å². The Balaban J connectivity index is 2.88. The van der Waals surface area contributed by atoms with Gasteiger partial charge in [0.05, 0.1) is 6.61 Å². The van der Waals surface area contributed by atoms with E-state index in [1.165, 1.54) is 5.56 Å². The predicted octanol–water partition coefficient (Wildman–Crippen LogP) is 5.02. The lowest BCUT2D eigenvalue weighted by molar-refractivity contribution is 0.312. The van der Waals surface area contributed by atoms with Crippen LogP contribution in [0.25, 0.3) is 0 Å². The summed E-state index contributed by atoms with van der Waals surface area (Å²) < 4.78 is 5.73. The van der Waals surface area contributed by atoms with Crippen molar-refractivity contribution in [3.05, 3.63) is 28.8 Å². The van der Waals surface area contributed by atoms with Crippen molar-refractivity contribution in [2.24, 2.45) is 0 Å². The molecule has 1 aromatic rings. The maximum atomic E-state index is 6.03. The van der Waals surface area contributed by atoms with Gasteiger partial charge in [0, 0.05) is 10.4 Å². The van der Waals surface area contributed by atoms with Gasteiger partial charge in [-0.1, -0.05) is 41.4 Å². The normalized spacial score (nSPS) is 12.5. The summed E-state index contributed by atoms with van der Waals surface area (Å²) in [5.41, 5.74) is 1.21. The van der Waals surface area contributed by atoms with Gasteiger partial charge >= 0.3 is 0 Å². The fourth-order valence-corrected chi connectivity index (χ4v) is 2.43. The lowest BCUT2D eigenvalue weighted by Crippen LogP contribution is -2.02. The Labute approximate surface area is 111 Å². The molecule has 0 aliphatic heterocycles. The second kappa shape index (κ2) is 7.18. The highest BCUT2D eigenvalue weighted by Gasteiger charge is 2.11. The highest BCUT2D eigenvalue weighted by Crippen LogP contribution is 2.31. The van der Waals surface area contributed by atoms with Crippen LogP contribution in [0, 0.1) is 0 Å². The number of hydrogen-bond donors (Lipinski definition) is 0. The van der Waals surface area contributed by atoms with E-state index in [0.717, 1.165) is 35.6 Å². The monoisotopic (exact) mass is 304 g/mol. The molecule has 0 radical (unpaired) electrons. The molecule has 0 saturated carbocycles. The van der Waals surface area contributed by atoms with Crippen LogP contribution in [0.1, 0.15) is 38.2 Å². The molecular formula is C13H18BrClO. The molecular weight excluding hydrogens is 287 g/mol. The second-order valence-corrected chi connectivity index (χ2v) is 5.14. The summed E-state index contributed by atoms with van der Waals surface area (Å²) in [5.74, 6) is 1.43. The topological polar surface area (TPSA) is 9.23 Å². The van der Waals surface area contributed by atoms with Gasteiger partial charge in [0.2, 0.25) is 0 Å². The van der Waals surface area contributed by atoms with Gasteiger partial charge in [-0.05, 0) is 42.5 Å². The van der Waals surface area contributed by atoms with Crippen molar-refractivity contribution in [3.8, 4) is 5.75 Å². The van der Waals surface area contributed by atoms with E-state index in [1.54, 1.807) is 0 Å². The molecule has 0 aromatic heterocycles. The van der Waals surface area contributed by atoms with Gasteiger partial charge in [-0.3, -0.25) is 0 Å². The van der Waals surface area contributed by atoms with Crippen molar-refractivity contribution in [2.75, 3.05) is 11.9 Å². The number of benzene rings is 1. The lowest BCUT2D eigenvalue weighted by Gasteiger charge is -2.16. The van der Waals surface area contributed by atoms with Crippen molar-refractivity contribution in [2.45, 2.75) is 32.6 Å². The fourth-order valence-electron chi connectivity index (χ4n) is 1.57. The number of halogens is 2. The Hall–Kier alpha value is -0.210. The molecule has 90 valence electrons. The Morgan fingerprint density at radius 1 is 1.44 bits per heavy atom. The van der Waals surface area contributed by atoms with Crippen molar-refractivity contribution >= 4 is 27.5 Å². The Morgan fingerprint density at radius 2 is 2.19 bits per heavy atom. The highest BCUT2D eigenvalue weighted by molar-refractivity contribution is 9.09. The first-order chi connectivity index (χ1) is 7.69. The van der Waals surface area contributed by atoms with Crippen LogP contribution in [0.5, 0.6) is 5.75 Å². The molecule has 0 aliphatic carbocycles. The molecule has 1 nitrogen and oxygen atoms in total. The Morgan fingerprint density at radius 3 is 2.81 bits per heavy atom. The van der Waals surface area contributed by atoms with Crippen LogP contribution in [0.15, 0.2) is 18.2 Å². The molecule has 0 bridgehead atoms. The number of ether oxygens (including phenoxy) is 1. The lowest BCUT2D eigenvalue weighted by atomic mass is 9.98. The van der Waals surface area contributed by atoms with Gasteiger partial charge in [-0.15, -0.1) is 0 Å². The smallest absolute Gasteiger partial charge is 0.122 e. The van der Waals surface area contributed by atoms with Crippen LogP contribution in [-0.4, -0.2) is 11.9 Å². The summed E-state index contributed by atoms with van der Waals surface area (Å²) >= 11 is 9.50. The van der Waals surface area contributed by atoms with Crippen molar-refractivity contribution in [1.29, 1.82) is 0 Å². The second-order valence-electron chi connectivity index (χ2n) is 3.91. The summed E-state index contributed by atoms with van der Waals surface area (Å²) in [6, 6.07) is 5.87. The molecule has 0 aliphatic rings. The fraction of sp³-hybridized carbons (Fsp3) is 0.538. The number of hydrogen-bond acceptors (Lipinski definition) is 1. The van der Waals surface area contributed by atoms with Crippen LogP contribution >= 0.6 is 27.5 Å². The molecule has 0 amide bonds. The average molecular weight is 306 g/mol. The summed E-state index contributed by atoms with van der Waals surface area (Å²) in [5, 5.41) is 1.77. The van der Waals surface area contributed by atoms with Gasteiger partial charge in [0.1, 0.15) is 5.75 Å². The van der Waals surface area contributed by atoms with Gasteiger partial charge in [0.15, 0.2) is 0 Å². The maximum Gasteiger partial charge on any atom is 0.122 e. The number of rotatable bonds is 6. The summed E-state index contributed by atoms with van der Waals surface area (Å²) in [4.78, 5) is 0. The first-order valence-electron chi connectivity index (χ1n) is 5.67. The minimum atomic E-state index is 0.463. The third-order valence-electron chi connectivity index (χ3n) is 2.51. The molecule has 1 unspecified atom stereocenters. The quantitative estimate of drug-likeness (QED) is 0.671. The van der Waals surface area contributed by atoms with Gasteiger partial charge < -0.3 is 4.74 Å². The zero-order valence-corrected chi connectivity index (χ0v) is 12.1. The SMILES string of the molecule is CCCOc1ccc(Cl)cc1C(C)CCBr. The zero-order chi connectivity index (χ0) is 12.0.